The molecule has 14 heavy (non-hydrogen) atoms. The van der Waals surface area contributed by atoms with Crippen LogP contribution in [-0.2, 0) is 4.43 Å². The highest BCUT2D eigenvalue weighted by molar-refractivity contribution is 6.52. The van der Waals surface area contributed by atoms with Crippen molar-refractivity contribution in [1.82, 2.24) is 0 Å². The van der Waals surface area contributed by atoms with Crippen LogP contribution in [0.25, 0.3) is 0 Å². The summed E-state index contributed by atoms with van der Waals surface area (Å²) in [6.45, 7) is 11.9. The molecule has 0 saturated heterocycles. The minimum atomic E-state index is -1.07. The predicted molar refractivity (Wildman–Crippen MR) is 67.2 cm³/mol. The van der Waals surface area contributed by atoms with Gasteiger partial charge in [-0.3, -0.25) is 0 Å². The van der Waals surface area contributed by atoms with Gasteiger partial charge in [-0.15, -0.1) is 13.2 Å². The first-order valence-corrected chi connectivity index (χ1v) is 7.72. The van der Waals surface area contributed by atoms with E-state index in [9.17, 15) is 0 Å². The largest absolute Gasteiger partial charge is 0.417 e. The lowest BCUT2D eigenvalue weighted by molar-refractivity contribution is 0.208. The van der Waals surface area contributed by atoms with Crippen LogP contribution in [-0.4, -0.2) is 15.1 Å². The Labute approximate surface area is 90.6 Å². The molecule has 0 rings (SSSR count). The molecule has 0 aromatic carbocycles. The highest BCUT2D eigenvalue weighted by Gasteiger charge is 2.11. The first kappa shape index (κ1) is 13.7. The molecule has 0 aromatic heterocycles. The average Bonchev–Trinajstić information content (AvgIpc) is 2.15. The fourth-order valence-corrected chi connectivity index (χ4v) is 3.42. The molecule has 0 N–H and O–H groups in total. The molecule has 0 radical (unpaired) electrons. The van der Waals surface area contributed by atoms with E-state index in [0.29, 0.717) is 6.10 Å². The van der Waals surface area contributed by atoms with Gasteiger partial charge >= 0.3 is 0 Å². The molecule has 1 nitrogen and oxygen atoms in total. The second-order valence-corrected chi connectivity index (χ2v) is 6.22. The van der Waals surface area contributed by atoms with Gasteiger partial charge in [0.05, 0.1) is 0 Å². The molecule has 0 aromatic rings. The fraction of sp³-hybridized carbons (Fsp3) is 0.667. The molecule has 0 amide bonds. The van der Waals surface area contributed by atoms with Crippen molar-refractivity contribution >= 4 is 9.04 Å². The fourth-order valence-electron chi connectivity index (χ4n) is 1.47. The van der Waals surface area contributed by atoms with Crippen molar-refractivity contribution in [1.29, 1.82) is 0 Å². The summed E-state index contributed by atoms with van der Waals surface area (Å²) in [5, 5.41) is 0. The summed E-state index contributed by atoms with van der Waals surface area (Å²) in [4.78, 5) is 0. The maximum absolute atomic E-state index is 6.03. The Morgan fingerprint density at radius 3 is 2.29 bits per heavy atom. The van der Waals surface area contributed by atoms with Crippen molar-refractivity contribution in [3.63, 3.8) is 0 Å². The van der Waals surface area contributed by atoms with E-state index in [2.05, 4.69) is 27.0 Å². The van der Waals surface area contributed by atoms with Crippen LogP contribution >= 0.6 is 0 Å². The molecule has 1 unspecified atom stereocenters. The van der Waals surface area contributed by atoms with Crippen LogP contribution in [0.4, 0.5) is 0 Å². The van der Waals surface area contributed by atoms with Crippen LogP contribution in [0.1, 0.15) is 33.1 Å². The summed E-state index contributed by atoms with van der Waals surface area (Å²) < 4.78 is 6.03. The van der Waals surface area contributed by atoms with E-state index in [4.69, 9.17) is 4.43 Å². The summed E-state index contributed by atoms with van der Waals surface area (Å²) in [5.74, 6) is 0. The SMILES string of the molecule is C=CC[SiH](CC=C)OC(C)CCCC. The molecule has 0 fully saturated rings. The van der Waals surface area contributed by atoms with Crippen LogP contribution in [0, 0.1) is 0 Å². The van der Waals surface area contributed by atoms with Gasteiger partial charge in [-0.05, 0) is 25.4 Å². The average molecular weight is 212 g/mol. The van der Waals surface area contributed by atoms with Crippen LogP contribution in [0.2, 0.25) is 12.1 Å². The van der Waals surface area contributed by atoms with E-state index >= 15 is 0 Å². The molecule has 0 aliphatic carbocycles. The van der Waals surface area contributed by atoms with E-state index in [-0.39, 0.29) is 0 Å². The van der Waals surface area contributed by atoms with Gasteiger partial charge in [-0.2, -0.15) is 0 Å². The van der Waals surface area contributed by atoms with Crippen LogP contribution in [0.3, 0.4) is 0 Å². The molecular weight excluding hydrogens is 188 g/mol. The van der Waals surface area contributed by atoms with Gasteiger partial charge < -0.3 is 4.43 Å². The highest BCUT2D eigenvalue weighted by atomic mass is 28.3. The lowest BCUT2D eigenvalue weighted by atomic mass is 10.2. The van der Waals surface area contributed by atoms with E-state index < -0.39 is 9.04 Å². The third-order valence-electron chi connectivity index (χ3n) is 2.25. The van der Waals surface area contributed by atoms with Crippen LogP contribution in [0.15, 0.2) is 25.3 Å². The van der Waals surface area contributed by atoms with Gasteiger partial charge in [0.2, 0.25) is 0 Å². The molecule has 0 aliphatic heterocycles. The quantitative estimate of drug-likeness (QED) is 0.418. The zero-order valence-corrected chi connectivity index (χ0v) is 10.8. The normalized spacial score (nSPS) is 12.8. The Morgan fingerprint density at radius 1 is 1.29 bits per heavy atom. The number of rotatable bonds is 9. The predicted octanol–water partition coefficient (Wildman–Crippen LogP) is 3.68. The van der Waals surface area contributed by atoms with Gasteiger partial charge in [-0.1, -0.05) is 31.9 Å². The zero-order chi connectivity index (χ0) is 10.8. The molecule has 82 valence electrons. The summed E-state index contributed by atoms with van der Waals surface area (Å²) in [5.41, 5.74) is 0. The third-order valence-corrected chi connectivity index (χ3v) is 4.82. The first-order chi connectivity index (χ1) is 6.74. The Bertz CT molecular complexity index is 146. The topological polar surface area (TPSA) is 9.23 Å². The van der Waals surface area contributed by atoms with Crippen molar-refractivity contribution in [2.75, 3.05) is 0 Å². The van der Waals surface area contributed by atoms with Gasteiger partial charge in [-0.25, -0.2) is 0 Å². The first-order valence-electron chi connectivity index (χ1n) is 5.61. The summed E-state index contributed by atoms with van der Waals surface area (Å²) in [6.07, 6.45) is 8.09. The van der Waals surface area contributed by atoms with Crippen molar-refractivity contribution in [3.05, 3.63) is 25.3 Å². The van der Waals surface area contributed by atoms with E-state index in [1.807, 2.05) is 12.2 Å². The minimum Gasteiger partial charge on any atom is -0.417 e. The molecule has 0 spiro atoms. The molecule has 2 heteroatoms. The molecule has 0 aliphatic rings. The van der Waals surface area contributed by atoms with Crippen LogP contribution in [0.5, 0.6) is 0 Å². The lowest BCUT2D eigenvalue weighted by Gasteiger charge is -2.19. The minimum absolute atomic E-state index is 0.423. The van der Waals surface area contributed by atoms with Gasteiger partial charge in [0.25, 0.3) is 0 Å². The number of hydrogen-bond donors (Lipinski definition) is 0. The Hall–Kier alpha value is -0.343. The monoisotopic (exact) mass is 212 g/mol. The number of allylic oxidation sites excluding steroid dienone is 2. The van der Waals surface area contributed by atoms with Crippen molar-refractivity contribution in [2.45, 2.75) is 51.3 Å². The summed E-state index contributed by atoms with van der Waals surface area (Å²) in [7, 11) is -1.07. The maximum atomic E-state index is 6.03. The number of hydrogen-bond acceptors (Lipinski definition) is 1. The second kappa shape index (κ2) is 9.22. The Balaban J connectivity index is 3.75. The summed E-state index contributed by atoms with van der Waals surface area (Å²) >= 11 is 0. The summed E-state index contributed by atoms with van der Waals surface area (Å²) in [6, 6.07) is 2.12. The van der Waals surface area contributed by atoms with Crippen molar-refractivity contribution < 1.29 is 4.43 Å². The zero-order valence-electron chi connectivity index (χ0n) is 9.67. The van der Waals surface area contributed by atoms with Crippen molar-refractivity contribution in [3.8, 4) is 0 Å². The number of unbranched alkanes of at least 4 members (excludes halogenated alkanes) is 1. The Morgan fingerprint density at radius 2 is 1.86 bits per heavy atom. The van der Waals surface area contributed by atoms with Crippen molar-refractivity contribution in [2.24, 2.45) is 0 Å². The highest BCUT2D eigenvalue weighted by Crippen LogP contribution is 2.10. The van der Waals surface area contributed by atoms with Gasteiger partial charge in [0, 0.05) is 6.10 Å². The van der Waals surface area contributed by atoms with E-state index in [1.165, 1.54) is 19.3 Å². The van der Waals surface area contributed by atoms with E-state index in [0.717, 1.165) is 12.1 Å². The molecule has 0 bridgehead atoms. The molecular formula is C12H24OSi. The van der Waals surface area contributed by atoms with Crippen LogP contribution < -0.4 is 0 Å². The molecule has 0 heterocycles. The molecule has 1 atom stereocenters. The van der Waals surface area contributed by atoms with Gasteiger partial charge in [0.15, 0.2) is 9.04 Å². The smallest absolute Gasteiger partial charge is 0.184 e. The Kier molecular flexibility index (Phi) is 9.00. The molecule has 0 saturated carbocycles. The maximum Gasteiger partial charge on any atom is 0.184 e. The van der Waals surface area contributed by atoms with E-state index in [1.54, 1.807) is 0 Å². The standard InChI is InChI=1S/C12H24OSi/c1-5-8-9-12(4)13-14(10-6-2)11-7-3/h6-7,12,14H,2-3,5,8-11H2,1,4H3. The second-order valence-electron chi connectivity index (χ2n) is 3.76. The van der Waals surface area contributed by atoms with Gasteiger partial charge in [0.1, 0.15) is 0 Å². The lowest BCUT2D eigenvalue weighted by Crippen LogP contribution is -2.22. The third kappa shape index (κ3) is 7.10.